The summed E-state index contributed by atoms with van der Waals surface area (Å²) in [5.41, 5.74) is -0.0478. The van der Waals surface area contributed by atoms with Gasteiger partial charge >= 0.3 is 5.97 Å². The molecule has 1 aromatic rings. The Morgan fingerprint density at radius 1 is 1.56 bits per heavy atom. The van der Waals surface area contributed by atoms with Crippen molar-refractivity contribution in [2.75, 3.05) is 31.7 Å². The molecular weight excluding hydrogens is 210 g/mol. The zero-order valence-electron chi connectivity index (χ0n) is 9.38. The van der Waals surface area contributed by atoms with Crippen molar-refractivity contribution in [3.05, 3.63) is 18.1 Å². The topological polar surface area (TPSA) is 75.5 Å². The Balaban J connectivity index is 2.83. The minimum atomic E-state index is -1.07. The number of anilines is 1. The summed E-state index contributed by atoms with van der Waals surface area (Å²) in [6.07, 6.45) is 2.78. The third kappa shape index (κ3) is 3.16. The highest BCUT2D eigenvalue weighted by Crippen LogP contribution is 2.09. The van der Waals surface area contributed by atoms with Gasteiger partial charge in [0.1, 0.15) is 5.82 Å². The first-order valence-electron chi connectivity index (χ1n) is 4.98. The van der Waals surface area contributed by atoms with Crippen molar-refractivity contribution in [2.24, 2.45) is 0 Å². The lowest BCUT2D eigenvalue weighted by molar-refractivity contribution is 0.0690. The van der Waals surface area contributed by atoms with Crippen LogP contribution in [0.1, 0.15) is 17.4 Å². The van der Waals surface area contributed by atoms with Crippen LogP contribution in [0.5, 0.6) is 0 Å². The summed E-state index contributed by atoms with van der Waals surface area (Å²) < 4.78 is 4.97. The lowest BCUT2D eigenvalue weighted by Crippen LogP contribution is -2.28. The largest absolute Gasteiger partial charge is 0.476 e. The number of carbonyl (C=O) groups is 1. The summed E-state index contributed by atoms with van der Waals surface area (Å²) in [6.45, 7) is 3.91. The predicted octanol–water partition coefficient (Wildman–Crippen LogP) is 0.647. The van der Waals surface area contributed by atoms with Gasteiger partial charge in [0.05, 0.1) is 19.0 Å². The van der Waals surface area contributed by atoms with Gasteiger partial charge in [-0.05, 0) is 6.92 Å². The number of hydrogen-bond donors (Lipinski definition) is 1. The van der Waals surface area contributed by atoms with Crippen molar-refractivity contribution in [2.45, 2.75) is 6.92 Å². The predicted molar refractivity (Wildman–Crippen MR) is 58.8 cm³/mol. The summed E-state index contributed by atoms with van der Waals surface area (Å²) in [7, 11) is 1.62. The molecule has 0 atom stereocenters. The quantitative estimate of drug-likeness (QED) is 0.766. The highest BCUT2D eigenvalue weighted by Gasteiger charge is 2.10. The summed E-state index contributed by atoms with van der Waals surface area (Å²) in [5, 5.41) is 8.79. The number of rotatable bonds is 6. The van der Waals surface area contributed by atoms with Gasteiger partial charge in [0.2, 0.25) is 0 Å². The van der Waals surface area contributed by atoms with Crippen LogP contribution in [0.25, 0.3) is 0 Å². The van der Waals surface area contributed by atoms with Crippen molar-refractivity contribution in [3.8, 4) is 0 Å². The molecule has 1 aromatic heterocycles. The van der Waals surface area contributed by atoms with Gasteiger partial charge in [-0.3, -0.25) is 4.98 Å². The van der Waals surface area contributed by atoms with Crippen LogP contribution < -0.4 is 4.90 Å². The molecule has 1 heterocycles. The van der Waals surface area contributed by atoms with Gasteiger partial charge in [0.15, 0.2) is 5.69 Å². The number of ether oxygens (including phenoxy) is 1. The standard InChI is InChI=1S/C10H15N3O3/c1-3-13(4-5-16-2)9-7-11-6-8(12-9)10(14)15/h6-7H,3-5H2,1-2H3,(H,14,15). The average Bonchev–Trinajstić information content (AvgIpc) is 2.30. The van der Waals surface area contributed by atoms with E-state index >= 15 is 0 Å². The van der Waals surface area contributed by atoms with Crippen molar-refractivity contribution in [1.29, 1.82) is 0 Å². The van der Waals surface area contributed by atoms with E-state index < -0.39 is 5.97 Å². The van der Waals surface area contributed by atoms with Crippen LogP contribution in [0.2, 0.25) is 0 Å². The molecule has 6 nitrogen and oxygen atoms in total. The minimum absolute atomic E-state index is 0.0478. The Hall–Kier alpha value is -1.69. The molecule has 0 aliphatic rings. The molecule has 88 valence electrons. The van der Waals surface area contributed by atoms with Gasteiger partial charge in [-0.15, -0.1) is 0 Å². The van der Waals surface area contributed by atoms with E-state index in [4.69, 9.17) is 9.84 Å². The van der Waals surface area contributed by atoms with E-state index in [1.165, 1.54) is 6.20 Å². The van der Waals surface area contributed by atoms with Gasteiger partial charge in [-0.2, -0.15) is 0 Å². The molecular formula is C10H15N3O3. The van der Waals surface area contributed by atoms with E-state index in [1.54, 1.807) is 13.3 Å². The number of carboxylic acid groups (broad SMARTS) is 1. The smallest absolute Gasteiger partial charge is 0.356 e. The molecule has 0 saturated carbocycles. The number of nitrogens with zero attached hydrogens (tertiary/aromatic N) is 3. The van der Waals surface area contributed by atoms with Gasteiger partial charge in [-0.1, -0.05) is 0 Å². The summed E-state index contributed by atoms with van der Waals surface area (Å²) >= 11 is 0. The van der Waals surface area contributed by atoms with Gasteiger partial charge in [0.25, 0.3) is 0 Å². The molecule has 6 heteroatoms. The van der Waals surface area contributed by atoms with E-state index in [0.717, 1.165) is 6.54 Å². The van der Waals surface area contributed by atoms with Crippen molar-refractivity contribution in [1.82, 2.24) is 9.97 Å². The fourth-order valence-corrected chi connectivity index (χ4v) is 1.25. The summed E-state index contributed by atoms with van der Waals surface area (Å²) in [5.74, 6) is -0.517. The molecule has 1 N–H and O–H groups in total. The highest BCUT2D eigenvalue weighted by molar-refractivity contribution is 5.85. The van der Waals surface area contributed by atoms with Crippen LogP contribution in [0, 0.1) is 0 Å². The second-order valence-corrected chi connectivity index (χ2v) is 3.14. The Kier molecular flexibility index (Phi) is 4.65. The minimum Gasteiger partial charge on any atom is -0.476 e. The van der Waals surface area contributed by atoms with Crippen LogP contribution in [0.3, 0.4) is 0 Å². The molecule has 1 rings (SSSR count). The Bertz CT molecular complexity index is 357. The molecule has 0 amide bonds. The van der Waals surface area contributed by atoms with E-state index in [-0.39, 0.29) is 5.69 Å². The van der Waals surface area contributed by atoms with Crippen LogP contribution in [-0.2, 0) is 4.74 Å². The first-order chi connectivity index (χ1) is 7.69. The molecule has 0 saturated heterocycles. The van der Waals surface area contributed by atoms with E-state index in [0.29, 0.717) is 19.0 Å². The number of aromatic nitrogens is 2. The van der Waals surface area contributed by atoms with Crippen molar-refractivity contribution < 1.29 is 14.6 Å². The van der Waals surface area contributed by atoms with Crippen LogP contribution in [0.15, 0.2) is 12.4 Å². The maximum Gasteiger partial charge on any atom is 0.356 e. The zero-order chi connectivity index (χ0) is 12.0. The van der Waals surface area contributed by atoms with Crippen LogP contribution in [-0.4, -0.2) is 47.8 Å². The third-order valence-corrected chi connectivity index (χ3v) is 2.11. The summed E-state index contributed by atoms with van der Waals surface area (Å²) in [6, 6.07) is 0. The molecule has 0 bridgehead atoms. The number of methoxy groups -OCH3 is 1. The van der Waals surface area contributed by atoms with Crippen molar-refractivity contribution >= 4 is 11.8 Å². The molecule has 0 spiro atoms. The van der Waals surface area contributed by atoms with Crippen molar-refractivity contribution in [3.63, 3.8) is 0 Å². The molecule has 0 radical (unpaired) electrons. The third-order valence-electron chi connectivity index (χ3n) is 2.11. The fourth-order valence-electron chi connectivity index (χ4n) is 1.25. The summed E-state index contributed by atoms with van der Waals surface area (Å²) in [4.78, 5) is 20.5. The molecule has 0 aromatic carbocycles. The number of likely N-dealkylation sites (N-methyl/N-ethyl adjacent to an activating group) is 1. The maximum atomic E-state index is 10.7. The lowest BCUT2D eigenvalue weighted by atomic mass is 10.4. The Labute approximate surface area is 93.9 Å². The van der Waals surface area contributed by atoms with E-state index in [2.05, 4.69) is 9.97 Å². The molecule has 16 heavy (non-hydrogen) atoms. The zero-order valence-corrected chi connectivity index (χ0v) is 9.38. The monoisotopic (exact) mass is 225 g/mol. The normalized spacial score (nSPS) is 10.1. The van der Waals surface area contributed by atoms with E-state index in [9.17, 15) is 4.79 Å². The van der Waals surface area contributed by atoms with Crippen LogP contribution >= 0.6 is 0 Å². The average molecular weight is 225 g/mol. The molecule has 0 unspecified atom stereocenters. The molecule has 0 aliphatic heterocycles. The first-order valence-corrected chi connectivity index (χ1v) is 4.98. The Morgan fingerprint density at radius 3 is 2.88 bits per heavy atom. The Morgan fingerprint density at radius 2 is 2.31 bits per heavy atom. The fraction of sp³-hybridized carbons (Fsp3) is 0.500. The first kappa shape index (κ1) is 12.4. The van der Waals surface area contributed by atoms with Gasteiger partial charge in [0, 0.05) is 20.2 Å². The molecule has 0 fully saturated rings. The number of aromatic carboxylic acids is 1. The second-order valence-electron chi connectivity index (χ2n) is 3.14. The SMILES string of the molecule is CCN(CCOC)c1cncc(C(=O)O)n1. The number of carboxylic acids is 1. The maximum absolute atomic E-state index is 10.7. The van der Waals surface area contributed by atoms with E-state index in [1.807, 2.05) is 11.8 Å². The highest BCUT2D eigenvalue weighted by atomic mass is 16.5. The number of hydrogen-bond acceptors (Lipinski definition) is 5. The van der Waals surface area contributed by atoms with Gasteiger partial charge < -0.3 is 14.7 Å². The van der Waals surface area contributed by atoms with Gasteiger partial charge in [-0.25, -0.2) is 9.78 Å². The second kappa shape index (κ2) is 6.02. The lowest BCUT2D eigenvalue weighted by Gasteiger charge is -2.20. The van der Waals surface area contributed by atoms with Crippen LogP contribution in [0.4, 0.5) is 5.82 Å². The molecule has 0 aliphatic carbocycles.